The topological polar surface area (TPSA) is 104 Å². The molecule has 1 saturated carbocycles. The van der Waals surface area contributed by atoms with Gasteiger partial charge in [0.1, 0.15) is 11.6 Å². The molecule has 1 aromatic heterocycles. The zero-order valence-corrected chi connectivity index (χ0v) is 16.1. The molecule has 2 rings (SSSR count). The van der Waals surface area contributed by atoms with E-state index in [1.165, 1.54) is 19.2 Å². The largest absolute Gasteiger partial charge is 0.384 e. The van der Waals surface area contributed by atoms with Gasteiger partial charge in [-0.1, -0.05) is 13.5 Å². The number of pyridine rings is 1. The summed E-state index contributed by atoms with van der Waals surface area (Å²) in [6.45, 7) is 7.54. The number of hydrogen-bond acceptors (Lipinski definition) is 6. The molecule has 1 aromatic rings. The van der Waals surface area contributed by atoms with E-state index in [4.69, 9.17) is 5.73 Å². The monoisotopic (exact) mass is 392 g/mol. The van der Waals surface area contributed by atoms with Crippen LogP contribution in [-0.2, 0) is 0 Å². The van der Waals surface area contributed by atoms with Crippen molar-refractivity contribution in [2.24, 2.45) is 10.7 Å². The Bertz CT molecular complexity index is 787. The second-order valence-electron chi connectivity index (χ2n) is 6.56. The van der Waals surface area contributed by atoms with Gasteiger partial charge in [-0.2, -0.15) is 0 Å². The van der Waals surface area contributed by atoms with Crippen LogP contribution in [0.5, 0.6) is 0 Å². The highest BCUT2D eigenvalue weighted by molar-refractivity contribution is 5.99. The van der Waals surface area contributed by atoms with Crippen LogP contribution in [0.1, 0.15) is 43.5 Å². The summed E-state index contributed by atoms with van der Waals surface area (Å²) in [5.74, 6) is 0.157. The summed E-state index contributed by atoms with van der Waals surface area (Å²) >= 11 is 0. The SMILES string of the molecule is C=C(/C=C(N)\N=C(/C)C(F)F)Nc1cc(NC2CC2)c(C(=O)NCCC)cn1. The van der Waals surface area contributed by atoms with Crippen molar-refractivity contribution in [1.82, 2.24) is 10.3 Å². The molecule has 0 radical (unpaired) electrons. The maximum absolute atomic E-state index is 12.5. The zero-order valence-electron chi connectivity index (χ0n) is 16.1. The molecule has 0 unspecified atom stereocenters. The first-order chi connectivity index (χ1) is 13.3. The van der Waals surface area contributed by atoms with Crippen LogP contribution < -0.4 is 21.7 Å². The predicted octanol–water partition coefficient (Wildman–Crippen LogP) is 3.25. The minimum atomic E-state index is -2.67. The van der Waals surface area contributed by atoms with Crippen LogP contribution in [0.3, 0.4) is 0 Å². The molecule has 1 aliphatic rings. The lowest BCUT2D eigenvalue weighted by Gasteiger charge is -2.14. The van der Waals surface area contributed by atoms with Gasteiger partial charge in [-0.25, -0.2) is 18.8 Å². The van der Waals surface area contributed by atoms with E-state index < -0.39 is 6.43 Å². The van der Waals surface area contributed by atoms with E-state index in [2.05, 4.69) is 32.5 Å². The number of hydrogen-bond donors (Lipinski definition) is 4. The summed E-state index contributed by atoms with van der Waals surface area (Å²) in [5.41, 5.74) is 6.72. The van der Waals surface area contributed by atoms with Crippen molar-refractivity contribution in [3.8, 4) is 0 Å². The van der Waals surface area contributed by atoms with Crippen molar-refractivity contribution < 1.29 is 13.6 Å². The minimum absolute atomic E-state index is 0.0952. The van der Waals surface area contributed by atoms with E-state index in [0.29, 0.717) is 35.4 Å². The van der Waals surface area contributed by atoms with Crippen molar-refractivity contribution in [2.75, 3.05) is 17.2 Å². The summed E-state index contributed by atoms with van der Waals surface area (Å²) < 4.78 is 25.0. The first-order valence-electron chi connectivity index (χ1n) is 9.11. The third kappa shape index (κ3) is 6.64. The zero-order chi connectivity index (χ0) is 20.7. The van der Waals surface area contributed by atoms with Crippen LogP contribution >= 0.6 is 0 Å². The predicted molar refractivity (Wildman–Crippen MR) is 108 cm³/mol. The van der Waals surface area contributed by atoms with Crippen molar-refractivity contribution in [1.29, 1.82) is 0 Å². The molecule has 0 aromatic carbocycles. The summed E-state index contributed by atoms with van der Waals surface area (Å²) in [5, 5.41) is 9.08. The molecule has 7 nitrogen and oxygen atoms in total. The maximum Gasteiger partial charge on any atom is 0.276 e. The average molecular weight is 392 g/mol. The van der Waals surface area contributed by atoms with Crippen molar-refractivity contribution in [3.63, 3.8) is 0 Å². The van der Waals surface area contributed by atoms with Crippen LogP contribution in [-0.4, -0.2) is 35.6 Å². The lowest BCUT2D eigenvalue weighted by molar-refractivity contribution is 0.0954. The third-order valence-corrected chi connectivity index (χ3v) is 3.85. The van der Waals surface area contributed by atoms with Crippen LogP contribution in [0.25, 0.3) is 0 Å². The van der Waals surface area contributed by atoms with Crippen LogP contribution in [0, 0.1) is 0 Å². The van der Waals surface area contributed by atoms with Gasteiger partial charge in [0.25, 0.3) is 12.3 Å². The van der Waals surface area contributed by atoms with E-state index in [1.54, 1.807) is 6.07 Å². The molecule has 0 aliphatic heterocycles. The van der Waals surface area contributed by atoms with Crippen LogP contribution in [0.15, 0.2) is 41.4 Å². The Hall–Kier alpha value is -2.97. The molecule has 1 amide bonds. The quantitative estimate of drug-likeness (QED) is 0.361. The lowest BCUT2D eigenvalue weighted by atomic mass is 10.2. The number of rotatable bonds is 10. The van der Waals surface area contributed by atoms with Crippen molar-refractivity contribution in [3.05, 3.63) is 42.0 Å². The molecule has 28 heavy (non-hydrogen) atoms. The second-order valence-corrected chi connectivity index (χ2v) is 6.56. The fraction of sp³-hybridized carbons (Fsp3) is 0.421. The number of anilines is 2. The molecule has 0 spiro atoms. The number of aliphatic imine (C=N–C) groups is 1. The Labute approximate surface area is 163 Å². The molecule has 1 aliphatic carbocycles. The smallest absolute Gasteiger partial charge is 0.276 e. The van der Waals surface area contributed by atoms with Crippen LogP contribution in [0.4, 0.5) is 20.3 Å². The fourth-order valence-electron chi connectivity index (χ4n) is 2.27. The van der Waals surface area contributed by atoms with Gasteiger partial charge in [0, 0.05) is 36.6 Å². The Balaban J connectivity index is 2.13. The van der Waals surface area contributed by atoms with Gasteiger partial charge in [0.15, 0.2) is 0 Å². The molecule has 1 fully saturated rings. The number of alkyl halides is 2. The Morgan fingerprint density at radius 2 is 2.21 bits per heavy atom. The first kappa shape index (κ1) is 21.3. The normalized spacial score (nSPS) is 14.8. The van der Waals surface area contributed by atoms with Gasteiger partial charge < -0.3 is 21.7 Å². The number of nitrogens with two attached hydrogens (primary N) is 1. The third-order valence-electron chi connectivity index (χ3n) is 3.85. The second kappa shape index (κ2) is 9.82. The highest BCUT2D eigenvalue weighted by Crippen LogP contribution is 2.28. The molecule has 1 heterocycles. The molecule has 0 saturated heterocycles. The fourth-order valence-corrected chi connectivity index (χ4v) is 2.27. The number of halogens is 2. The number of nitrogens with zero attached hydrogens (tertiary/aromatic N) is 2. The van der Waals surface area contributed by atoms with E-state index in [0.717, 1.165) is 19.3 Å². The van der Waals surface area contributed by atoms with E-state index >= 15 is 0 Å². The number of carbonyl (C=O) groups excluding carboxylic acids is 1. The average Bonchev–Trinajstić information content (AvgIpc) is 3.43. The molecular weight excluding hydrogens is 366 g/mol. The summed E-state index contributed by atoms with van der Waals surface area (Å²) in [7, 11) is 0. The summed E-state index contributed by atoms with van der Waals surface area (Å²) in [4.78, 5) is 20.2. The molecule has 0 bridgehead atoms. The number of allylic oxidation sites excluding steroid dienone is 1. The van der Waals surface area contributed by atoms with Gasteiger partial charge in [-0.15, -0.1) is 0 Å². The molecule has 152 valence electrons. The number of carbonyl (C=O) groups is 1. The number of amides is 1. The van der Waals surface area contributed by atoms with E-state index in [9.17, 15) is 13.6 Å². The van der Waals surface area contributed by atoms with E-state index in [1.807, 2.05) is 6.92 Å². The van der Waals surface area contributed by atoms with Crippen molar-refractivity contribution in [2.45, 2.75) is 45.6 Å². The Morgan fingerprint density at radius 3 is 2.82 bits per heavy atom. The van der Waals surface area contributed by atoms with Gasteiger partial charge in [-0.05, 0) is 26.2 Å². The summed E-state index contributed by atoms with van der Waals surface area (Å²) in [6, 6.07) is 2.06. The molecule has 5 N–H and O–H groups in total. The molecular formula is C19H26F2N6O. The highest BCUT2D eigenvalue weighted by Gasteiger charge is 2.23. The Morgan fingerprint density at radius 1 is 1.50 bits per heavy atom. The standard InChI is InChI=1S/C19H26F2N6O/c1-4-7-23-19(28)14-10-24-17(9-15(14)27-13-5-6-13)25-11(2)8-16(22)26-12(3)18(20)21/h8-10,13,18H,2,4-7,22H2,1,3H3,(H,23,28)(H2,24,25,27)/b16-8-,26-12+. The van der Waals surface area contributed by atoms with Crippen molar-refractivity contribution >= 4 is 23.1 Å². The lowest BCUT2D eigenvalue weighted by Crippen LogP contribution is -2.25. The van der Waals surface area contributed by atoms with Gasteiger partial charge in [0.05, 0.1) is 17.0 Å². The van der Waals surface area contributed by atoms with Gasteiger partial charge in [0.2, 0.25) is 0 Å². The van der Waals surface area contributed by atoms with Gasteiger partial charge in [-0.3, -0.25) is 4.79 Å². The van der Waals surface area contributed by atoms with Gasteiger partial charge >= 0.3 is 0 Å². The van der Waals surface area contributed by atoms with Crippen LogP contribution in [0.2, 0.25) is 0 Å². The molecule has 0 atom stereocenters. The number of aromatic nitrogens is 1. The maximum atomic E-state index is 12.5. The summed E-state index contributed by atoms with van der Waals surface area (Å²) in [6.07, 6.45) is 3.09. The minimum Gasteiger partial charge on any atom is -0.384 e. The highest BCUT2D eigenvalue weighted by atomic mass is 19.3. The molecule has 9 heteroatoms. The number of nitrogens with one attached hydrogen (secondary N) is 3. The Kier molecular flexibility index (Phi) is 7.48. The first-order valence-corrected chi connectivity index (χ1v) is 9.11. The van der Waals surface area contributed by atoms with E-state index in [-0.39, 0.29) is 17.4 Å².